The number of carbonyl (C=O) groups excluding carboxylic acids is 1. The average molecular weight is 349 g/mol. The number of nitrogens with one attached hydrogen (secondary N) is 1. The second kappa shape index (κ2) is 6.32. The summed E-state index contributed by atoms with van der Waals surface area (Å²) >= 11 is 0. The number of benzene rings is 2. The Balaban J connectivity index is 1.85. The number of nitrogens with zero attached hydrogens (tertiary/aromatic N) is 4. The molecule has 2 N–H and O–H groups in total. The fraction of sp³-hybridized carbons (Fsp3) is 0.111. The van der Waals surface area contributed by atoms with Crippen LogP contribution in [0.4, 0.5) is 5.82 Å². The number of phenolic OH excluding ortho intramolecular Hbond substituents is 1. The normalized spacial score (nSPS) is 11.0. The molecular formula is C18H15N5O3. The molecule has 0 spiro atoms. The summed E-state index contributed by atoms with van der Waals surface area (Å²) in [4.78, 5) is 16.0. The Morgan fingerprint density at radius 1 is 1.15 bits per heavy atom. The smallest absolute Gasteiger partial charge is 0.222 e. The van der Waals surface area contributed by atoms with Crippen LogP contribution in [0.3, 0.4) is 0 Å². The molecule has 0 radical (unpaired) electrons. The van der Waals surface area contributed by atoms with Crippen LogP contribution in [0.1, 0.15) is 12.5 Å². The number of anilines is 1. The first-order valence-electron chi connectivity index (χ1n) is 7.95. The third-order valence-electron chi connectivity index (χ3n) is 3.93. The molecule has 4 rings (SSSR count). The maximum atomic E-state index is 11.4. The average Bonchev–Trinajstić information content (AvgIpc) is 3.21. The van der Waals surface area contributed by atoms with Gasteiger partial charge >= 0.3 is 0 Å². The van der Waals surface area contributed by atoms with Crippen molar-refractivity contribution in [3.05, 3.63) is 54.1 Å². The SMILES string of the molecule is CC(=O)Nc1nonc1-c1nc2ccccc2n1Cc1ccc(O)cc1. The molecule has 8 nitrogen and oxygen atoms in total. The van der Waals surface area contributed by atoms with Crippen molar-refractivity contribution in [1.29, 1.82) is 0 Å². The maximum absolute atomic E-state index is 11.4. The second-order valence-electron chi connectivity index (χ2n) is 5.82. The Bertz CT molecular complexity index is 1080. The van der Waals surface area contributed by atoms with E-state index in [-0.39, 0.29) is 17.5 Å². The molecule has 4 aromatic rings. The molecule has 130 valence electrons. The summed E-state index contributed by atoms with van der Waals surface area (Å²) in [6.07, 6.45) is 0. The zero-order valence-corrected chi connectivity index (χ0v) is 13.9. The predicted molar refractivity (Wildman–Crippen MR) is 94.5 cm³/mol. The molecule has 0 saturated carbocycles. The van der Waals surface area contributed by atoms with Crippen LogP contribution in [0.25, 0.3) is 22.6 Å². The highest BCUT2D eigenvalue weighted by molar-refractivity contribution is 5.91. The van der Waals surface area contributed by atoms with Gasteiger partial charge in [0.05, 0.1) is 11.0 Å². The maximum Gasteiger partial charge on any atom is 0.222 e. The van der Waals surface area contributed by atoms with E-state index in [1.807, 2.05) is 41.0 Å². The summed E-state index contributed by atoms with van der Waals surface area (Å²) in [5.41, 5.74) is 3.03. The van der Waals surface area contributed by atoms with Crippen LogP contribution < -0.4 is 5.32 Å². The lowest BCUT2D eigenvalue weighted by Crippen LogP contribution is -2.09. The minimum Gasteiger partial charge on any atom is -0.508 e. The Morgan fingerprint density at radius 2 is 1.92 bits per heavy atom. The number of imidazole rings is 1. The molecule has 2 heterocycles. The molecule has 8 heteroatoms. The minimum atomic E-state index is -0.275. The number of carbonyl (C=O) groups is 1. The van der Waals surface area contributed by atoms with Crippen LogP contribution in [-0.4, -0.2) is 30.9 Å². The number of amides is 1. The Hall–Kier alpha value is -3.68. The topological polar surface area (TPSA) is 106 Å². The van der Waals surface area contributed by atoms with Gasteiger partial charge in [-0.1, -0.05) is 24.3 Å². The number of hydrogen-bond donors (Lipinski definition) is 2. The largest absolute Gasteiger partial charge is 0.508 e. The molecule has 0 aliphatic carbocycles. The van der Waals surface area contributed by atoms with Gasteiger partial charge in [0.25, 0.3) is 0 Å². The summed E-state index contributed by atoms with van der Waals surface area (Å²) in [6, 6.07) is 14.6. The van der Waals surface area contributed by atoms with Gasteiger partial charge in [-0.25, -0.2) is 9.61 Å². The summed E-state index contributed by atoms with van der Waals surface area (Å²) in [5, 5.41) is 19.8. The first kappa shape index (κ1) is 15.8. The van der Waals surface area contributed by atoms with Crippen molar-refractivity contribution in [3.63, 3.8) is 0 Å². The lowest BCUT2D eigenvalue weighted by atomic mass is 10.2. The molecule has 2 aromatic carbocycles. The highest BCUT2D eigenvalue weighted by Crippen LogP contribution is 2.29. The molecule has 26 heavy (non-hydrogen) atoms. The zero-order valence-electron chi connectivity index (χ0n) is 13.9. The van der Waals surface area contributed by atoms with Gasteiger partial charge in [-0.3, -0.25) is 4.79 Å². The third kappa shape index (κ3) is 2.88. The van der Waals surface area contributed by atoms with Gasteiger partial charge in [0, 0.05) is 13.5 Å². The molecular weight excluding hydrogens is 334 g/mol. The monoisotopic (exact) mass is 349 g/mol. The summed E-state index contributed by atoms with van der Waals surface area (Å²) in [7, 11) is 0. The van der Waals surface area contributed by atoms with E-state index in [4.69, 9.17) is 4.63 Å². The Labute approximate surface area is 148 Å². The first-order chi connectivity index (χ1) is 12.6. The van der Waals surface area contributed by atoms with Crippen molar-refractivity contribution < 1.29 is 14.5 Å². The number of aromatic hydroxyl groups is 1. The van der Waals surface area contributed by atoms with Crippen LogP contribution >= 0.6 is 0 Å². The Morgan fingerprint density at radius 3 is 2.69 bits per heavy atom. The fourth-order valence-corrected chi connectivity index (χ4v) is 2.78. The van der Waals surface area contributed by atoms with Crippen LogP contribution in [0.2, 0.25) is 0 Å². The van der Waals surface area contributed by atoms with E-state index in [1.54, 1.807) is 12.1 Å². The molecule has 0 saturated heterocycles. The summed E-state index contributed by atoms with van der Waals surface area (Å²) < 4.78 is 6.78. The molecule has 0 fully saturated rings. The van der Waals surface area contributed by atoms with Crippen molar-refractivity contribution in [3.8, 4) is 17.3 Å². The van der Waals surface area contributed by atoms with Crippen molar-refractivity contribution in [2.45, 2.75) is 13.5 Å². The van der Waals surface area contributed by atoms with E-state index < -0.39 is 0 Å². The van der Waals surface area contributed by atoms with E-state index in [9.17, 15) is 9.90 Å². The van der Waals surface area contributed by atoms with E-state index >= 15 is 0 Å². The van der Waals surface area contributed by atoms with Crippen molar-refractivity contribution in [1.82, 2.24) is 19.9 Å². The Kier molecular flexibility index (Phi) is 3.85. The fourth-order valence-electron chi connectivity index (χ4n) is 2.78. The van der Waals surface area contributed by atoms with Gasteiger partial charge in [0.1, 0.15) is 5.75 Å². The number of phenols is 1. The van der Waals surface area contributed by atoms with Crippen molar-refractivity contribution in [2.75, 3.05) is 5.32 Å². The number of para-hydroxylation sites is 2. The number of aromatic nitrogens is 4. The summed E-state index contributed by atoms with van der Waals surface area (Å²) in [6.45, 7) is 1.89. The molecule has 0 aliphatic rings. The minimum absolute atomic E-state index is 0.207. The van der Waals surface area contributed by atoms with Gasteiger partial charge in [-0.15, -0.1) is 0 Å². The highest BCUT2D eigenvalue weighted by Gasteiger charge is 2.21. The van der Waals surface area contributed by atoms with Crippen molar-refractivity contribution in [2.24, 2.45) is 0 Å². The molecule has 0 bridgehead atoms. The summed E-state index contributed by atoms with van der Waals surface area (Å²) in [5.74, 6) is 0.685. The third-order valence-corrected chi connectivity index (χ3v) is 3.93. The van der Waals surface area contributed by atoms with E-state index in [1.165, 1.54) is 6.92 Å². The molecule has 0 aliphatic heterocycles. The quantitative estimate of drug-likeness (QED) is 0.587. The molecule has 0 atom stereocenters. The second-order valence-corrected chi connectivity index (χ2v) is 5.82. The van der Waals surface area contributed by atoms with Crippen LogP contribution in [-0.2, 0) is 11.3 Å². The van der Waals surface area contributed by atoms with E-state index in [2.05, 4.69) is 20.6 Å². The number of fused-ring (bicyclic) bond motifs is 1. The highest BCUT2D eigenvalue weighted by atomic mass is 16.6. The van der Waals surface area contributed by atoms with Crippen LogP contribution in [0, 0.1) is 0 Å². The number of rotatable bonds is 4. The van der Waals surface area contributed by atoms with Crippen LogP contribution in [0.15, 0.2) is 53.2 Å². The standard InChI is InChI=1S/C18H15N5O3/c1-11(24)19-17-16(21-26-22-17)18-20-14-4-2-3-5-15(14)23(18)10-12-6-8-13(25)9-7-12/h2-9,25H,10H2,1H3,(H,19,22,24). The lowest BCUT2D eigenvalue weighted by Gasteiger charge is -2.09. The van der Waals surface area contributed by atoms with Gasteiger partial charge in [-0.2, -0.15) is 0 Å². The van der Waals surface area contributed by atoms with Gasteiger partial charge in [-0.05, 0) is 40.1 Å². The molecule has 0 unspecified atom stereocenters. The molecule has 2 aromatic heterocycles. The van der Waals surface area contributed by atoms with Crippen LogP contribution in [0.5, 0.6) is 5.75 Å². The zero-order chi connectivity index (χ0) is 18.1. The van der Waals surface area contributed by atoms with Gasteiger partial charge < -0.3 is 15.0 Å². The van der Waals surface area contributed by atoms with E-state index in [0.29, 0.717) is 18.1 Å². The van der Waals surface area contributed by atoms with Gasteiger partial charge in [0.15, 0.2) is 11.5 Å². The predicted octanol–water partition coefficient (Wildman–Crippen LogP) is 2.80. The molecule has 1 amide bonds. The first-order valence-corrected chi connectivity index (χ1v) is 7.95. The van der Waals surface area contributed by atoms with Crippen molar-refractivity contribution >= 4 is 22.8 Å². The van der Waals surface area contributed by atoms with Gasteiger partial charge in [0.2, 0.25) is 11.7 Å². The lowest BCUT2D eigenvalue weighted by molar-refractivity contribution is -0.114. The number of hydrogen-bond acceptors (Lipinski definition) is 6. The van der Waals surface area contributed by atoms with E-state index in [0.717, 1.165) is 16.6 Å².